The molecule has 0 aliphatic rings. The van der Waals surface area contributed by atoms with Gasteiger partial charge in [-0.2, -0.15) is 0 Å². The Hall–Kier alpha value is -2.17. The largest absolute Gasteiger partial charge is 0.478 e. The van der Waals surface area contributed by atoms with Gasteiger partial charge in [0.1, 0.15) is 0 Å². The Bertz CT molecular complexity index is 574. The van der Waals surface area contributed by atoms with Crippen molar-refractivity contribution in [3.05, 3.63) is 35.7 Å². The normalized spacial score (nSPS) is 10.9. The summed E-state index contributed by atoms with van der Waals surface area (Å²) in [6, 6.07) is 6.49. The van der Waals surface area contributed by atoms with Crippen molar-refractivity contribution in [1.82, 2.24) is 10.2 Å². The summed E-state index contributed by atoms with van der Waals surface area (Å²) in [5, 5.41) is 17.0. The van der Waals surface area contributed by atoms with Crippen LogP contribution >= 0.6 is 0 Å². The maximum Gasteiger partial charge on any atom is 0.335 e. The molecule has 2 aromatic rings. The lowest BCUT2D eigenvalue weighted by Gasteiger charge is -2.05. The SMILES string of the molecule is CCC(CC)c1nnc(-c2cccc(C(=O)O)c2)o1. The monoisotopic (exact) mass is 260 g/mol. The number of aromatic carboxylic acids is 1. The molecule has 5 nitrogen and oxygen atoms in total. The quantitative estimate of drug-likeness (QED) is 0.892. The minimum absolute atomic E-state index is 0.208. The van der Waals surface area contributed by atoms with Gasteiger partial charge in [-0.05, 0) is 31.0 Å². The molecule has 0 aliphatic heterocycles. The summed E-state index contributed by atoms with van der Waals surface area (Å²) in [5.74, 6) is 0.260. The zero-order valence-electron chi connectivity index (χ0n) is 11.0. The second-order valence-electron chi connectivity index (χ2n) is 4.34. The van der Waals surface area contributed by atoms with Gasteiger partial charge in [-0.1, -0.05) is 19.9 Å². The summed E-state index contributed by atoms with van der Waals surface area (Å²) < 4.78 is 5.63. The van der Waals surface area contributed by atoms with Crippen LogP contribution in [0.25, 0.3) is 11.5 Å². The average molecular weight is 260 g/mol. The van der Waals surface area contributed by atoms with Gasteiger partial charge in [0.05, 0.1) is 5.56 Å². The Morgan fingerprint density at radius 2 is 2.05 bits per heavy atom. The second kappa shape index (κ2) is 5.65. The van der Waals surface area contributed by atoms with Crippen molar-refractivity contribution >= 4 is 5.97 Å². The van der Waals surface area contributed by atoms with E-state index in [0.29, 0.717) is 17.3 Å². The minimum atomic E-state index is -0.971. The first-order valence-electron chi connectivity index (χ1n) is 6.32. The molecule has 0 fully saturated rings. The van der Waals surface area contributed by atoms with Gasteiger partial charge in [-0.15, -0.1) is 10.2 Å². The van der Waals surface area contributed by atoms with Crippen LogP contribution in [-0.4, -0.2) is 21.3 Å². The molecule has 0 saturated heterocycles. The first-order chi connectivity index (χ1) is 9.15. The summed E-state index contributed by atoms with van der Waals surface area (Å²) in [6.07, 6.45) is 1.88. The summed E-state index contributed by atoms with van der Waals surface area (Å²) >= 11 is 0. The third-order valence-electron chi connectivity index (χ3n) is 3.13. The highest BCUT2D eigenvalue weighted by Crippen LogP contribution is 2.25. The van der Waals surface area contributed by atoms with Gasteiger partial charge in [0.25, 0.3) is 0 Å². The molecular weight excluding hydrogens is 244 g/mol. The number of hydrogen-bond acceptors (Lipinski definition) is 4. The molecule has 1 aromatic heterocycles. The van der Waals surface area contributed by atoms with Crippen LogP contribution in [0.15, 0.2) is 28.7 Å². The molecule has 2 rings (SSSR count). The van der Waals surface area contributed by atoms with Crippen molar-refractivity contribution in [3.63, 3.8) is 0 Å². The molecule has 0 bridgehead atoms. The van der Waals surface area contributed by atoms with Crippen LogP contribution in [0.5, 0.6) is 0 Å². The van der Waals surface area contributed by atoms with Crippen molar-refractivity contribution < 1.29 is 14.3 Å². The van der Waals surface area contributed by atoms with E-state index in [-0.39, 0.29) is 11.5 Å². The standard InChI is InChI=1S/C14H16N2O3/c1-3-9(4-2)12-15-16-13(19-12)10-6-5-7-11(8-10)14(17)18/h5-9H,3-4H2,1-2H3,(H,17,18). The lowest BCUT2D eigenvalue weighted by atomic mass is 10.0. The molecular formula is C14H16N2O3. The van der Waals surface area contributed by atoms with Crippen LogP contribution in [0, 0.1) is 0 Å². The number of carboxylic acid groups (broad SMARTS) is 1. The van der Waals surface area contributed by atoms with Gasteiger partial charge in [0.15, 0.2) is 0 Å². The fourth-order valence-corrected chi connectivity index (χ4v) is 1.94. The topological polar surface area (TPSA) is 76.2 Å². The lowest BCUT2D eigenvalue weighted by molar-refractivity contribution is 0.0697. The number of hydrogen-bond donors (Lipinski definition) is 1. The molecule has 100 valence electrons. The molecule has 1 heterocycles. The van der Waals surface area contributed by atoms with Crippen LogP contribution in [0.1, 0.15) is 48.9 Å². The maximum atomic E-state index is 10.9. The smallest absolute Gasteiger partial charge is 0.335 e. The summed E-state index contributed by atoms with van der Waals surface area (Å²) in [4.78, 5) is 10.9. The van der Waals surface area contributed by atoms with Crippen LogP contribution < -0.4 is 0 Å². The molecule has 0 amide bonds. The summed E-state index contributed by atoms with van der Waals surface area (Å²) in [7, 11) is 0. The summed E-state index contributed by atoms with van der Waals surface area (Å²) in [6.45, 7) is 4.15. The second-order valence-corrected chi connectivity index (χ2v) is 4.34. The van der Waals surface area contributed by atoms with Gasteiger partial charge < -0.3 is 9.52 Å². The van der Waals surface area contributed by atoms with Crippen molar-refractivity contribution in [2.24, 2.45) is 0 Å². The minimum Gasteiger partial charge on any atom is -0.478 e. The first-order valence-corrected chi connectivity index (χ1v) is 6.32. The Kier molecular flexibility index (Phi) is 3.94. The van der Waals surface area contributed by atoms with E-state index in [1.54, 1.807) is 12.1 Å². The zero-order chi connectivity index (χ0) is 13.8. The molecule has 19 heavy (non-hydrogen) atoms. The van der Waals surface area contributed by atoms with Gasteiger partial charge in [-0.25, -0.2) is 4.79 Å². The zero-order valence-corrected chi connectivity index (χ0v) is 11.0. The summed E-state index contributed by atoms with van der Waals surface area (Å²) in [5.41, 5.74) is 0.837. The van der Waals surface area contributed by atoms with Gasteiger partial charge in [-0.3, -0.25) is 0 Å². The number of rotatable bonds is 5. The highest BCUT2D eigenvalue weighted by atomic mass is 16.4. The Balaban J connectivity index is 2.32. The molecule has 1 aromatic carbocycles. The number of carbonyl (C=O) groups is 1. The van der Waals surface area contributed by atoms with Crippen molar-refractivity contribution in [2.45, 2.75) is 32.6 Å². The lowest BCUT2D eigenvalue weighted by Crippen LogP contribution is -1.95. The molecule has 0 atom stereocenters. The maximum absolute atomic E-state index is 10.9. The molecule has 0 unspecified atom stereocenters. The van der Waals surface area contributed by atoms with Crippen molar-refractivity contribution in [1.29, 1.82) is 0 Å². The predicted octanol–water partition coefficient (Wildman–Crippen LogP) is 3.34. The predicted molar refractivity (Wildman–Crippen MR) is 70.0 cm³/mol. The van der Waals surface area contributed by atoms with Crippen molar-refractivity contribution in [3.8, 4) is 11.5 Å². The van der Waals surface area contributed by atoms with E-state index in [1.807, 2.05) is 0 Å². The molecule has 0 spiro atoms. The fraction of sp³-hybridized carbons (Fsp3) is 0.357. The van der Waals surface area contributed by atoms with Gasteiger partial charge in [0.2, 0.25) is 11.8 Å². The van der Waals surface area contributed by atoms with E-state index in [1.165, 1.54) is 12.1 Å². The Labute approximate surface area is 111 Å². The molecule has 0 aliphatic carbocycles. The van der Waals surface area contributed by atoms with E-state index >= 15 is 0 Å². The average Bonchev–Trinajstić information content (AvgIpc) is 2.90. The van der Waals surface area contributed by atoms with E-state index in [2.05, 4.69) is 24.0 Å². The highest BCUT2D eigenvalue weighted by molar-refractivity contribution is 5.88. The van der Waals surface area contributed by atoms with Crippen LogP contribution in [-0.2, 0) is 0 Å². The molecule has 1 N–H and O–H groups in total. The molecule has 5 heteroatoms. The Morgan fingerprint density at radius 3 is 2.68 bits per heavy atom. The third-order valence-corrected chi connectivity index (χ3v) is 3.13. The number of benzene rings is 1. The van der Waals surface area contributed by atoms with E-state index in [4.69, 9.17) is 9.52 Å². The fourth-order valence-electron chi connectivity index (χ4n) is 1.94. The van der Waals surface area contributed by atoms with E-state index in [0.717, 1.165) is 12.8 Å². The number of nitrogens with zero attached hydrogens (tertiary/aromatic N) is 2. The third kappa shape index (κ3) is 2.81. The van der Waals surface area contributed by atoms with E-state index in [9.17, 15) is 4.79 Å². The number of carboxylic acids is 1. The van der Waals surface area contributed by atoms with E-state index < -0.39 is 5.97 Å². The van der Waals surface area contributed by atoms with Gasteiger partial charge >= 0.3 is 5.97 Å². The van der Waals surface area contributed by atoms with Gasteiger partial charge in [0, 0.05) is 11.5 Å². The highest BCUT2D eigenvalue weighted by Gasteiger charge is 2.16. The first kappa shape index (κ1) is 13.3. The molecule has 0 saturated carbocycles. The van der Waals surface area contributed by atoms with Crippen LogP contribution in [0.2, 0.25) is 0 Å². The Morgan fingerprint density at radius 1 is 1.32 bits per heavy atom. The van der Waals surface area contributed by atoms with Crippen LogP contribution in [0.4, 0.5) is 0 Å². The molecule has 0 radical (unpaired) electrons. The van der Waals surface area contributed by atoms with Crippen molar-refractivity contribution in [2.75, 3.05) is 0 Å². The van der Waals surface area contributed by atoms with Crippen LogP contribution in [0.3, 0.4) is 0 Å². The number of aromatic nitrogens is 2.